The highest BCUT2D eigenvalue weighted by Crippen LogP contribution is 2.26. The molecule has 0 spiro atoms. The van der Waals surface area contributed by atoms with Gasteiger partial charge in [-0.15, -0.1) is 0 Å². The van der Waals surface area contributed by atoms with E-state index >= 15 is 0 Å². The Kier molecular flexibility index (Phi) is 5.24. The third kappa shape index (κ3) is 3.70. The Morgan fingerprint density at radius 2 is 1.65 bits per heavy atom. The first-order valence-corrected chi connectivity index (χ1v) is 10.0. The fourth-order valence-electron chi connectivity index (χ4n) is 3.58. The van der Waals surface area contributed by atoms with Gasteiger partial charge in [-0.3, -0.25) is 0 Å². The van der Waals surface area contributed by atoms with Crippen molar-refractivity contribution in [2.24, 2.45) is 0 Å². The summed E-state index contributed by atoms with van der Waals surface area (Å²) in [4.78, 5) is 2.89. The monoisotopic (exact) mass is 338 g/mol. The second-order valence-electron chi connectivity index (χ2n) is 6.28. The molecule has 23 heavy (non-hydrogen) atoms. The molecule has 0 N–H and O–H groups in total. The van der Waals surface area contributed by atoms with Crippen molar-refractivity contribution in [3.63, 3.8) is 0 Å². The molecule has 3 rings (SSSR count). The van der Waals surface area contributed by atoms with Gasteiger partial charge in [-0.1, -0.05) is 0 Å². The number of hydrogen-bond donors (Lipinski definition) is 0. The Labute approximate surface area is 139 Å². The lowest BCUT2D eigenvalue weighted by Gasteiger charge is -2.36. The largest absolute Gasteiger partial charge is 0.494 e. The fourth-order valence-corrected chi connectivity index (χ4v) is 5.05. The number of nitrogens with zero attached hydrogens (tertiary/aromatic N) is 2. The van der Waals surface area contributed by atoms with E-state index in [1.165, 1.54) is 25.9 Å². The molecule has 2 aliphatic rings. The molecule has 128 valence electrons. The zero-order valence-electron chi connectivity index (χ0n) is 13.8. The highest BCUT2D eigenvalue weighted by Gasteiger charge is 2.32. The molecule has 2 heterocycles. The normalized spacial score (nSPS) is 21.6. The molecular formula is C17H26N2O3S. The van der Waals surface area contributed by atoms with Crippen LogP contribution in [0.1, 0.15) is 32.6 Å². The van der Waals surface area contributed by atoms with Crippen LogP contribution in [0.4, 0.5) is 0 Å². The van der Waals surface area contributed by atoms with Crippen molar-refractivity contribution in [3.8, 4) is 5.75 Å². The van der Waals surface area contributed by atoms with Crippen molar-refractivity contribution in [2.75, 3.05) is 32.8 Å². The Morgan fingerprint density at radius 3 is 2.22 bits per heavy atom. The lowest BCUT2D eigenvalue weighted by molar-refractivity contribution is 0.168. The third-order valence-corrected chi connectivity index (χ3v) is 6.77. The first kappa shape index (κ1) is 16.7. The third-order valence-electron chi connectivity index (χ3n) is 4.85. The second kappa shape index (κ2) is 7.20. The Hall–Kier alpha value is -1.11. The van der Waals surface area contributed by atoms with Gasteiger partial charge in [0, 0.05) is 19.1 Å². The van der Waals surface area contributed by atoms with Crippen molar-refractivity contribution < 1.29 is 13.2 Å². The summed E-state index contributed by atoms with van der Waals surface area (Å²) in [6.07, 6.45) is 4.45. The minimum atomic E-state index is -3.38. The van der Waals surface area contributed by atoms with E-state index in [4.69, 9.17) is 4.74 Å². The average molecular weight is 338 g/mol. The predicted molar refractivity (Wildman–Crippen MR) is 90.2 cm³/mol. The summed E-state index contributed by atoms with van der Waals surface area (Å²) in [6.45, 7) is 6.09. The van der Waals surface area contributed by atoms with E-state index in [0.29, 0.717) is 36.4 Å². The summed E-state index contributed by atoms with van der Waals surface area (Å²) in [5.41, 5.74) is 0. The van der Waals surface area contributed by atoms with Crippen LogP contribution < -0.4 is 4.74 Å². The smallest absolute Gasteiger partial charge is 0.243 e. The van der Waals surface area contributed by atoms with Crippen LogP contribution in [0.15, 0.2) is 29.2 Å². The quantitative estimate of drug-likeness (QED) is 0.827. The van der Waals surface area contributed by atoms with Crippen molar-refractivity contribution in [1.82, 2.24) is 9.21 Å². The van der Waals surface area contributed by atoms with Gasteiger partial charge < -0.3 is 9.64 Å². The van der Waals surface area contributed by atoms with Crippen LogP contribution >= 0.6 is 0 Å². The molecule has 0 aliphatic carbocycles. The van der Waals surface area contributed by atoms with Crippen molar-refractivity contribution in [2.45, 2.75) is 43.5 Å². The molecule has 0 unspecified atom stereocenters. The topological polar surface area (TPSA) is 49.9 Å². The van der Waals surface area contributed by atoms with E-state index < -0.39 is 10.0 Å². The minimum absolute atomic E-state index is 0.362. The van der Waals surface area contributed by atoms with E-state index in [9.17, 15) is 8.42 Å². The van der Waals surface area contributed by atoms with Gasteiger partial charge in [-0.05, 0) is 70.0 Å². The average Bonchev–Trinajstić information content (AvgIpc) is 3.10. The predicted octanol–water partition coefficient (Wildman–Crippen LogP) is 2.33. The SMILES string of the molecule is CCOc1ccc(S(=O)(=O)N2CCC(N3CCCC3)CC2)cc1. The summed E-state index contributed by atoms with van der Waals surface area (Å²) in [7, 11) is -3.38. The highest BCUT2D eigenvalue weighted by molar-refractivity contribution is 7.89. The maximum Gasteiger partial charge on any atom is 0.243 e. The molecule has 2 aliphatic heterocycles. The first-order chi connectivity index (χ1) is 11.1. The van der Waals surface area contributed by atoms with E-state index in [1.807, 2.05) is 6.92 Å². The number of ether oxygens (including phenoxy) is 1. The number of benzene rings is 1. The number of rotatable bonds is 5. The molecular weight excluding hydrogens is 312 g/mol. The highest BCUT2D eigenvalue weighted by atomic mass is 32.2. The van der Waals surface area contributed by atoms with Crippen LogP contribution in [0, 0.1) is 0 Å². The van der Waals surface area contributed by atoms with Crippen molar-refractivity contribution >= 4 is 10.0 Å². The summed E-state index contributed by atoms with van der Waals surface area (Å²) in [5.74, 6) is 0.708. The van der Waals surface area contributed by atoms with Gasteiger partial charge in [0.2, 0.25) is 10.0 Å². The van der Waals surface area contributed by atoms with Crippen LogP contribution in [0.2, 0.25) is 0 Å². The number of hydrogen-bond acceptors (Lipinski definition) is 4. The molecule has 0 amide bonds. The zero-order chi connectivity index (χ0) is 16.3. The van der Waals surface area contributed by atoms with Crippen LogP contribution in [0.5, 0.6) is 5.75 Å². The Bertz CT molecular complexity index is 601. The van der Waals surface area contributed by atoms with Crippen LogP contribution in [0.3, 0.4) is 0 Å². The van der Waals surface area contributed by atoms with Gasteiger partial charge in [0.1, 0.15) is 5.75 Å². The first-order valence-electron chi connectivity index (χ1n) is 8.58. The van der Waals surface area contributed by atoms with Gasteiger partial charge in [0.15, 0.2) is 0 Å². The number of sulfonamides is 1. The zero-order valence-corrected chi connectivity index (χ0v) is 14.6. The van der Waals surface area contributed by atoms with Crippen LogP contribution in [0.25, 0.3) is 0 Å². The van der Waals surface area contributed by atoms with Crippen LogP contribution in [-0.2, 0) is 10.0 Å². The minimum Gasteiger partial charge on any atom is -0.494 e. The Balaban J connectivity index is 1.63. The maximum atomic E-state index is 12.8. The van der Waals surface area contributed by atoms with Crippen molar-refractivity contribution in [1.29, 1.82) is 0 Å². The molecule has 1 aromatic rings. The van der Waals surface area contributed by atoms with E-state index in [1.54, 1.807) is 28.6 Å². The summed E-state index contributed by atoms with van der Waals surface area (Å²) >= 11 is 0. The van der Waals surface area contributed by atoms with Crippen molar-refractivity contribution in [3.05, 3.63) is 24.3 Å². The lowest BCUT2D eigenvalue weighted by Crippen LogP contribution is -2.45. The Morgan fingerprint density at radius 1 is 1.04 bits per heavy atom. The molecule has 2 saturated heterocycles. The molecule has 0 saturated carbocycles. The van der Waals surface area contributed by atoms with E-state index in [-0.39, 0.29) is 0 Å². The molecule has 6 heteroatoms. The lowest BCUT2D eigenvalue weighted by atomic mass is 10.1. The summed E-state index contributed by atoms with van der Waals surface area (Å²) < 4.78 is 32.5. The van der Waals surface area contributed by atoms with Gasteiger partial charge in [0.05, 0.1) is 11.5 Å². The molecule has 0 radical (unpaired) electrons. The summed E-state index contributed by atoms with van der Waals surface area (Å²) in [6, 6.07) is 7.31. The number of piperidine rings is 1. The summed E-state index contributed by atoms with van der Waals surface area (Å²) in [5, 5.41) is 0. The van der Waals surface area contributed by atoms with Gasteiger partial charge in [-0.25, -0.2) is 8.42 Å². The molecule has 0 bridgehead atoms. The fraction of sp³-hybridized carbons (Fsp3) is 0.647. The van der Waals surface area contributed by atoms with E-state index in [0.717, 1.165) is 12.8 Å². The number of likely N-dealkylation sites (tertiary alicyclic amines) is 1. The molecule has 0 aromatic heterocycles. The maximum absolute atomic E-state index is 12.8. The van der Waals surface area contributed by atoms with Gasteiger partial charge >= 0.3 is 0 Å². The second-order valence-corrected chi connectivity index (χ2v) is 8.22. The van der Waals surface area contributed by atoms with Gasteiger partial charge in [0.25, 0.3) is 0 Å². The molecule has 2 fully saturated rings. The molecule has 0 atom stereocenters. The standard InChI is InChI=1S/C17H26N2O3S/c1-2-22-16-5-7-17(8-6-16)23(20,21)19-13-9-15(10-14-19)18-11-3-4-12-18/h5-8,15H,2-4,9-14H2,1H3. The molecule has 1 aromatic carbocycles. The van der Waals surface area contributed by atoms with Crippen LogP contribution in [-0.4, -0.2) is 56.5 Å². The van der Waals surface area contributed by atoms with E-state index in [2.05, 4.69) is 4.90 Å². The van der Waals surface area contributed by atoms with Gasteiger partial charge in [-0.2, -0.15) is 4.31 Å². The molecule has 5 nitrogen and oxygen atoms in total.